The maximum absolute atomic E-state index is 13.5. The highest BCUT2D eigenvalue weighted by Gasteiger charge is 2.49. The molecule has 2 aliphatic carbocycles. The molecule has 16 heteroatoms. The van der Waals surface area contributed by atoms with E-state index >= 15 is 0 Å². The minimum atomic E-state index is -5.24. The van der Waals surface area contributed by atoms with Crippen molar-refractivity contribution in [1.29, 1.82) is 0 Å². The molecule has 13 nitrogen and oxygen atoms in total. The normalized spacial score (nSPS) is 27.6. The molecule has 0 radical (unpaired) electrons. The molecule has 0 saturated carbocycles. The van der Waals surface area contributed by atoms with E-state index in [1.165, 1.54) is 38.2 Å². The number of carbonyl (C=O) groups excluding carboxylic acids is 4. The molecule has 0 aromatic heterocycles. The summed E-state index contributed by atoms with van der Waals surface area (Å²) in [6, 6.07) is 4.27. The highest BCUT2D eigenvalue weighted by molar-refractivity contribution is 6.30. The van der Waals surface area contributed by atoms with Crippen molar-refractivity contribution in [2.75, 3.05) is 13.7 Å². The van der Waals surface area contributed by atoms with Gasteiger partial charge in [-0.2, -0.15) is 13.2 Å². The van der Waals surface area contributed by atoms with Crippen LogP contribution in [0.5, 0.6) is 11.5 Å². The number of hydrogen-bond donors (Lipinski definition) is 6. The maximum atomic E-state index is 13.5. The Balaban J connectivity index is 1.57. The fourth-order valence-corrected chi connectivity index (χ4v) is 5.97. The lowest BCUT2D eigenvalue weighted by Gasteiger charge is -2.43. The van der Waals surface area contributed by atoms with Crippen LogP contribution in [0.1, 0.15) is 68.8 Å². The van der Waals surface area contributed by atoms with Crippen LogP contribution >= 0.6 is 0 Å². The first-order chi connectivity index (χ1) is 21.1. The number of ether oxygens (including phenoxy) is 3. The van der Waals surface area contributed by atoms with Crippen LogP contribution < -0.4 is 10.6 Å². The van der Waals surface area contributed by atoms with Gasteiger partial charge < -0.3 is 45.3 Å². The maximum Gasteiger partial charge on any atom is 0.471 e. The zero-order valence-electron chi connectivity index (χ0n) is 23.8. The van der Waals surface area contributed by atoms with Crippen molar-refractivity contribution in [2.24, 2.45) is 0 Å². The number of alkyl halides is 3. The molecule has 1 aliphatic heterocycles. The monoisotopic (exact) mass is 638 g/mol. The molecule has 45 heavy (non-hydrogen) atoms. The molecule has 0 bridgehead atoms. The molecule has 2 aromatic carbocycles. The molecule has 1 fully saturated rings. The van der Waals surface area contributed by atoms with Crippen LogP contribution in [0.3, 0.4) is 0 Å². The number of aliphatic hydroxyl groups excluding tert-OH is 1. The molecule has 2 aromatic rings. The standard InChI is InChI=1S/C29H29F3N2O11/c1-11-21(35)15(34-26(40)29(30,31)32)7-17(44-11)45-16-9-28(42,10-43-27(41)33-2)8-14-18(16)25(39)20-19(24(14)38)22(36)12-5-3-4-6-13(12)23(20)37/h3-6,11,15-17,21,35,38-39,42H,7-10H2,1-2H3,(H,33,41)(H,34,40)/t11-,15-,16-,17-,21+,28-/m0/s1. The summed E-state index contributed by atoms with van der Waals surface area (Å²) in [5, 5.41) is 48.7. The summed E-state index contributed by atoms with van der Waals surface area (Å²) < 4.78 is 55.5. The van der Waals surface area contributed by atoms with Crippen molar-refractivity contribution in [2.45, 2.75) is 68.6 Å². The van der Waals surface area contributed by atoms with Gasteiger partial charge in [-0.25, -0.2) is 4.79 Å². The summed E-state index contributed by atoms with van der Waals surface area (Å²) in [5.41, 5.74) is -3.50. The molecule has 6 N–H and O–H groups in total. The Morgan fingerprint density at radius 2 is 1.69 bits per heavy atom. The quantitative estimate of drug-likeness (QED) is 0.221. The summed E-state index contributed by atoms with van der Waals surface area (Å²) in [6.07, 6.45) is -13.3. The van der Waals surface area contributed by atoms with E-state index in [0.29, 0.717) is 0 Å². The smallest absolute Gasteiger partial charge is 0.471 e. The van der Waals surface area contributed by atoms with Crippen LogP contribution in [0, 0.1) is 0 Å². The Bertz CT molecular complexity index is 1580. The van der Waals surface area contributed by atoms with E-state index in [0.717, 1.165) is 0 Å². The number of amides is 2. The molecule has 242 valence electrons. The van der Waals surface area contributed by atoms with Crippen molar-refractivity contribution in [3.8, 4) is 11.5 Å². The van der Waals surface area contributed by atoms with Crippen LogP contribution in [0.2, 0.25) is 0 Å². The topological polar surface area (TPSA) is 201 Å². The number of halogens is 3. The fourth-order valence-electron chi connectivity index (χ4n) is 5.97. The number of fused-ring (bicyclic) bond motifs is 3. The second-order valence-electron chi connectivity index (χ2n) is 11.2. The number of nitrogens with one attached hydrogen (secondary N) is 2. The van der Waals surface area contributed by atoms with Crippen LogP contribution in [-0.4, -0.2) is 94.0 Å². The van der Waals surface area contributed by atoms with Gasteiger partial charge in [-0.15, -0.1) is 0 Å². The number of aliphatic hydroxyl groups is 2. The molecule has 0 spiro atoms. The molecular formula is C29H29F3N2O11. The second kappa shape index (κ2) is 11.6. The summed E-state index contributed by atoms with van der Waals surface area (Å²) in [4.78, 5) is 50.3. The summed E-state index contributed by atoms with van der Waals surface area (Å²) in [6.45, 7) is 0.653. The van der Waals surface area contributed by atoms with Crippen LogP contribution in [0.4, 0.5) is 18.0 Å². The molecule has 0 unspecified atom stereocenters. The summed E-state index contributed by atoms with van der Waals surface area (Å²) >= 11 is 0. The van der Waals surface area contributed by atoms with E-state index in [9.17, 15) is 52.8 Å². The van der Waals surface area contributed by atoms with Crippen molar-refractivity contribution in [3.05, 3.63) is 57.6 Å². The van der Waals surface area contributed by atoms with Gasteiger partial charge in [0.25, 0.3) is 0 Å². The largest absolute Gasteiger partial charge is 0.507 e. The first kappa shape index (κ1) is 32.2. The van der Waals surface area contributed by atoms with Gasteiger partial charge in [0.2, 0.25) is 0 Å². The molecule has 2 amide bonds. The average Bonchev–Trinajstić information content (AvgIpc) is 2.98. The third kappa shape index (κ3) is 5.81. The fraction of sp³-hybridized carbons (Fsp3) is 0.448. The number of benzene rings is 2. The average molecular weight is 639 g/mol. The Morgan fingerprint density at radius 1 is 1.09 bits per heavy atom. The third-order valence-corrected chi connectivity index (χ3v) is 8.13. The molecule has 5 rings (SSSR count). The molecule has 3 aliphatic rings. The number of carbonyl (C=O) groups is 4. The van der Waals surface area contributed by atoms with Crippen molar-refractivity contribution in [3.63, 3.8) is 0 Å². The van der Waals surface area contributed by atoms with E-state index in [1.807, 2.05) is 0 Å². The SMILES string of the molecule is CNC(=O)OC[C@]1(O)Cc2c(O)c3c(c(O)c2[C@@H](O[C@H]2C[C@H](NC(=O)C(F)(F)F)[C@H](O)[C@H](C)O2)C1)C(=O)c1ccccc1C3=O. The Labute approximate surface area is 252 Å². The second-order valence-corrected chi connectivity index (χ2v) is 11.2. The van der Waals surface area contributed by atoms with Crippen molar-refractivity contribution in [1.82, 2.24) is 10.6 Å². The lowest BCUT2D eigenvalue weighted by Crippen LogP contribution is -2.57. The van der Waals surface area contributed by atoms with Crippen LogP contribution in [-0.2, 0) is 25.4 Å². The molecule has 6 atom stereocenters. The molecular weight excluding hydrogens is 609 g/mol. The van der Waals surface area contributed by atoms with Crippen LogP contribution in [0.15, 0.2) is 24.3 Å². The predicted molar refractivity (Wildman–Crippen MR) is 144 cm³/mol. The van der Waals surface area contributed by atoms with Gasteiger partial charge >= 0.3 is 18.2 Å². The lowest BCUT2D eigenvalue weighted by molar-refractivity contribution is -0.252. The lowest BCUT2D eigenvalue weighted by atomic mass is 9.73. The van der Waals surface area contributed by atoms with E-state index < -0.39 is 114 Å². The minimum absolute atomic E-state index is 0.0263. The molecule has 1 heterocycles. The van der Waals surface area contributed by atoms with E-state index in [4.69, 9.17) is 14.2 Å². The van der Waals surface area contributed by atoms with Gasteiger partial charge in [-0.05, 0) is 6.92 Å². The number of aromatic hydroxyl groups is 2. The number of phenols is 2. The van der Waals surface area contributed by atoms with Crippen LogP contribution in [0.25, 0.3) is 0 Å². The Kier molecular flexibility index (Phi) is 8.28. The minimum Gasteiger partial charge on any atom is -0.507 e. The first-order valence-corrected chi connectivity index (χ1v) is 13.8. The van der Waals surface area contributed by atoms with Gasteiger partial charge in [0.05, 0.1) is 29.4 Å². The highest BCUT2D eigenvalue weighted by atomic mass is 19.4. The summed E-state index contributed by atoms with van der Waals surface area (Å²) in [5.74, 6) is -5.33. The number of ketones is 2. The number of alkyl carbamates (subject to hydrolysis) is 1. The predicted octanol–water partition coefficient (Wildman–Crippen LogP) is 1.51. The highest BCUT2D eigenvalue weighted by Crippen LogP contribution is 2.52. The van der Waals surface area contributed by atoms with E-state index in [1.54, 1.807) is 5.32 Å². The van der Waals surface area contributed by atoms with Gasteiger partial charge in [-0.3, -0.25) is 14.4 Å². The van der Waals surface area contributed by atoms with E-state index in [-0.39, 0.29) is 22.3 Å². The van der Waals surface area contributed by atoms with Crippen molar-refractivity contribution >= 4 is 23.6 Å². The van der Waals surface area contributed by atoms with Gasteiger partial charge in [-0.1, -0.05) is 24.3 Å². The summed E-state index contributed by atoms with van der Waals surface area (Å²) in [7, 11) is 1.27. The van der Waals surface area contributed by atoms with Crippen molar-refractivity contribution < 1.29 is 67.0 Å². The Morgan fingerprint density at radius 3 is 2.27 bits per heavy atom. The number of rotatable bonds is 5. The van der Waals surface area contributed by atoms with E-state index in [2.05, 4.69) is 5.32 Å². The van der Waals surface area contributed by atoms with Gasteiger partial charge in [0.15, 0.2) is 17.9 Å². The van der Waals surface area contributed by atoms with Gasteiger partial charge in [0.1, 0.15) is 29.8 Å². The molecule has 1 saturated heterocycles. The third-order valence-electron chi connectivity index (χ3n) is 8.13. The number of phenolic OH excluding ortho intramolecular Hbond substituents is 2. The van der Waals surface area contributed by atoms with Gasteiger partial charge in [0, 0.05) is 48.6 Å². The first-order valence-electron chi connectivity index (χ1n) is 13.8. The number of hydrogen-bond acceptors (Lipinski definition) is 11. The Hall–Kier alpha value is -4.25. The zero-order chi connectivity index (χ0) is 33.0. The zero-order valence-corrected chi connectivity index (χ0v) is 23.8.